The summed E-state index contributed by atoms with van der Waals surface area (Å²) in [4.78, 5) is 14.4. The molecule has 1 unspecified atom stereocenters. The number of aryl methyl sites for hydroxylation is 2. The van der Waals surface area contributed by atoms with Gasteiger partial charge in [0.05, 0.1) is 5.92 Å². The number of hydrogen-bond donors (Lipinski definition) is 0. The Morgan fingerprint density at radius 1 is 1.38 bits per heavy atom. The summed E-state index contributed by atoms with van der Waals surface area (Å²) in [5, 5.41) is 0. The molecule has 1 aromatic heterocycles. The van der Waals surface area contributed by atoms with Crippen LogP contribution in [0.2, 0.25) is 0 Å². The van der Waals surface area contributed by atoms with Crippen LogP contribution in [0.15, 0.2) is 35.9 Å². The number of allylic oxidation sites excluding steroid dienone is 4. The zero-order valence-electron chi connectivity index (χ0n) is 11.7. The van der Waals surface area contributed by atoms with Crippen LogP contribution in [0.5, 0.6) is 0 Å². The van der Waals surface area contributed by atoms with Gasteiger partial charge in [-0.3, -0.25) is 4.79 Å². The van der Waals surface area contributed by atoms with Crippen molar-refractivity contribution in [3.63, 3.8) is 0 Å². The molecule has 0 aromatic carbocycles. The smallest absolute Gasteiger partial charge is 0.294 e. The van der Waals surface area contributed by atoms with E-state index in [9.17, 15) is 18.0 Å². The van der Waals surface area contributed by atoms with Crippen molar-refractivity contribution >= 4 is 17.1 Å². The summed E-state index contributed by atoms with van der Waals surface area (Å²) in [5.41, 5.74) is 0.200. The highest BCUT2D eigenvalue weighted by molar-refractivity contribution is 7.11. The molecule has 2 rings (SSSR count). The van der Waals surface area contributed by atoms with E-state index in [4.69, 9.17) is 0 Å². The Morgan fingerprint density at radius 3 is 2.76 bits per heavy atom. The SMILES string of the molecule is Cc1ccc(CCCC(=O)C2=CC(C(F)(F)F)CC=C2)s1. The fourth-order valence-electron chi connectivity index (χ4n) is 2.28. The molecule has 0 bridgehead atoms. The van der Waals surface area contributed by atoms with Gasteiger partial charge in [-0.05, 0) is 38.3 Å². The summed E-state index contributed by atoms with van der Waals surface area (Å²) in [6.45, 7) is 2.02. The summed E-state index contributed by atoms with van der Waals surface area (Å²) < 4.78 is 38.0. The summed E-state index contributed by atoms with van der Waals surface area (Å²) in [6.07, 6.45) is 1.42. The van der Waals surface area contributed by atoms with Gasteiger partial charge in [-0.2, -0.15) is 13.2 Å². The molecular formula is C16H17F3OS. The third-order valence-corrected chi connectivity index (χ3v) is 4.49. The highest BCUT2D eigenvalue weighted by atomic mass is 32.1. The second kappa shape index (κ2) is 6.60. The van der Waals surface area contributed by atoms with E-state index in [1.807, 2.05) is 19.1 Å². The molecule has 0 N–H and O–H groups in total. The van der Waals surface area contributed by atoms with Crippen LogP contribution < -0.4 is 0 Å². The number of carbonyl (C=O) groups is 1. The number of ketones is 1. The molecule has 1 heterocycles. The van der Waals surface area contributed by atoms with Crippen LogP contribution in [-0.2, 0) is 11.2 Å². The Hall–Kier alpha value is -1.36. The summed E-state index contributed by atoms with van der Waals surface area (Å²) in [5.74, 6) is -1.73. The Balaban J connectivity index is 1.88. The topological polar surface area (TPSA) is 17.1 Å². The first-order chi connectivity index (χ1) is 9.86. The van der Waals surface area contributed by atoms with Crippen LogP contribution in [0.3, 0.4) is 0 Å². The van der Waals surface area contributed by atoms with Crippen LogP contribution in [0, 0.1) is 12.8 Å². The molecule has 21 heavy (non-hydrogen) atoms. The lowest BCUT2D eigenvalue weighted by atomic mass is 9.92. The van der Waals surface area contributed by atoms with E-state index in [-0.39, 0.29) is 24.2 Å². The number of alkyl halides is 3. The van der Waals surface area contributed by atoms with Gasteiger partial charge < -0.3 is 0 Å². The second-order valence-corrected chi connectivity index (χ2v) is 6.57. The minimum Gasteiger partial charge on any atom is -0.294 e. The lowest BCUT2D eigenvalue weighted by Gasteiger charge is -2.19. The van der Waals surface area contributed by atoms with Crippen molar-refractivity contribution in [2.24, 2.45) is 5.92 Å². The van der Waals surface area contributed by atoms with E-state index in [0.29, 0.717) is 6.42 Å². The van der Waals surface area contributed by atoms with Crippen molar-refractivity contribution in [1.82, 2.24) is 0 Å². The van der Waals surface area contributed by atoms with Crippen LogP contribution in [0.4, 0.5) is 13.2 Å². The van der Waals surface area contributed by atoms with Gasteiger partial charge in [0.1, 0.15) is 0 Å². The van der Waals surface area contributed by atoms with Crippen LogP contribution in [0.25, 0.3) is 0 Å². The van der Waals surface area contributed by atoms with Gasteiger partial charge >= 0.3 is 6.18 Å². The van der Waals surface area contributed by atoms with Crippen molar-refractivity contribution in [2.45, 2.75) is 38.8 Å². The van der Waals surface area contributed by atoms with E-state index >= 15 is 0 Å². The summed E-state index contributed by atoms with van der Waals surface area (Å²) in [7, 11) is 0. The van der Waals surface area contributed by atoms with Crippen LogP contribution in [-0.4, -0.2) is 12.0 Å². The minimum absolute atomic E-state index is 0.0747. The lowest BCUT2D eigenvalue weighted by molar-refractivity contribution is -0.160. The molecule has 1 aliphatic rings. The maximum atomic E-state index is 12.7. The maximum Gasteiger partial charge on any atom is 0.395 e. The van der Waals surface area contributed by atoms with Crippen molar-refractivity contribution in [3.8, 4) is 0 Å². The fraction of sp³-hybridized carbons (Fsp3) is 0.438. The van der Waals surface area contributed by atoms with Gasteiger partial charge in [0.15, 0.2) is 5.78 Å². The molecule has 114 valence electrons. The molecule has 1 atom stereocenters. The van der Waals surface area contributed by atoms with Crippen molar-refractivity contribution < 1.29 is 18.0 Å². The largest absolute Gasteiger partial charge is 0.395 e. The zero-order valence-corrected chi connectivity index (χ0v) is 12.6. The predicted molar refractivity (Wildman–Crippen MR) is 78.4 cm³/mol. The standard InChI is InChI=1S/C16H17F3OS/c1-11-8-9-14(21-11)6-3-7-15(20)12-4-2-5-13(10-12)16(17,18)19/h2,4,8-10,13H,3,5-7H2,1H3. The number of rotatable bonds is 5. The van der Waals surface area contributed by atoms with E-state index in [0.717, 1.165) is 12.5 Å². The van der Waals surface area contributed by atoms with E-state index < -0.39 is 12.1 Å². The molecular weight excluding hydrogens is 297 g/mol. The Labute approximate surface area is 126 Å². The average molecular weight is 314 g/mol. The first-order valence-electron chi connectivity index (χ1n) is 6.90. The quantitative estimate of drug-likeness (QED) is 0.746. The van der Waals surface area contributed by atoms with Gasteiger partial charge in [-0.15, -0.1) is 11.3 Å². The fourth-order valence-corrected chi connectivity index (χ4v) is 3.22. The van der Waals surface area contributed by atoms with Crippen molar-refractivity contribution in [1.29, 1.82) is 0 Å². The Bertz CT molecular complexity index is 566. The van der Waals surface area contributed by atoms with Gasteiger partial charge in [-0.1, -0.05) is 18.2 Å². The first kappa shape index (κ1) is 16.0. The highest BCUT2D eigenvalue weighted by Gasteiger charge is 2.38. The third kappa shape index (κ3) is 4.56. The lowest BCUT2D eigenvalue weighted by Crippen LogP contribution is -2.23. The van der Waals surface area contributed by atoms with E-state index in [1.165, 1.54) is 21.9 Å². The Kier molecular flexibility index (Phi) is 5.04. The number of halogens is 3. The van der Waals surface area contributed by atoms with E-state index in [1.54, 1.807) is 11.3 Å². The number of thiophene rings is 1. The molecule has 1 nitrogen and oxygen atoms in total. The first-order valence-corrected chi connectivity index (χ1v) is 7.71. The Morgan fingerprint density at radius 2 is 2.14 bits per heavy atom. The molecule has 1 aromatic rings. The average Bonchev–Trinajstić information content (AvgIpc) is 2.83. The van der Waals surface area contributed by atoms with Gasteiger partial charge in [-0.25, -0.2) is 0 Å². The van der Waals surface area contributed by atoms with Crippen LogP contribution >= 0.6 is 11.3 Å². The minimum atomic E-state index is -4.27. The molecule has 1 aliphatic carbocycles. The number of carbonyl (C=O) groups excluding carboxylic acids is 1. The molecule has 0 radical (unpaired) electrons. The van der Waals surface area contributed by atoms with Crippen LogP contribution in [0.1, 0.15) is 29.0 Å². The molecule has 5 heteroatoms. The normalized spacial score (nSPS) is 18.7. The van der Waals surface area contributed by atoms with Gasteiger partial charge in [0.25, 0.3) is 0 Å². The van der Waals surface area contributed by atoms with Crippen molar-refractivity contribution in [2.75, 3.05) is 0 Å². The summed E-state index contributed by atoms with van der Waals surface area (Å²) in [6, 6.07) is 4.06. The third-order valence-electron chi connectivity index (χ3n) is 3.43. The maximum absolute atomic E-state index is 12.7. The number of hydrogen-bond acceptors (Lipinski definition) is 2. The van der Waals surface area contributed by atoms with Gasteiger partial charge in [0.2, 0.25) is 0 Å². The highest BCUT2D eigenvalue weighted by Crippen LogP contribution is 2.33. The van der Waals surface area contributed by atoms with Gasteiger partial charge in [0, 0.05) is 21.7 Å². The molecule has 0 saturated carbocycles. The predicted octanol–water partition coefficient (Wildman–Crippen LogP) is 5.01. The summed E-state index contributed by atoms with van der Waals surface area (Å²) >= 11 is 1.69. The molecule has 0 saturated heterocycles. The molecule has 0 fully saturated rings. The van der Waals surface area contributed by atoms with E-state index in [2.05, 4.69) is 0 Å². The van der Waals surface area contributed by atoms with Crippen molar-refractivity contribution in [3.05, 3.63) is 45.7 Å². The number of Topliss-reactive ketones (excluding diaryl/α,β-unsaturated/α-hetero) is 1. The zero-order chi connectivity index (χ0) is 15.5. The molecule has 0 aliphatic heterocycles. The molecule has 0 amide bonds. The second-order valence-electron chi connectivity index (χ2n) is 5.20. The molecule has 0 spiro atoms. The monoisotopic (exact) mass is 314 g/mol.